The van der Waals surface area contributed by atoms with E-state index < -0.39 is 0 Å². The van der Waals surface area contributed by atoms with Crippen molar-refractivity contribution < 1.29 is 13.9 Å². The van der Waals surface area contributed by atoms with Crippen LogP contribution in [0.4, 0.5) is 4.39 Å². The third-order valence-electron chi connectivity index (χ3n) is 4.32. The number of hydrogen-bond acceptors (Lipinski definition) is 3. The van der Waals surface area contributed by atoms with E-state index in [4.69, 9.17) is 10.5 Å². The van der Waals surface area contributed by atoms with Crippen LogP contribution in [0.5, 0.6) is 5.75 Å². The van der Waals surface area contributed by atoms with Crippen LogP contribution in [0.2, 0.25) is 0 Å². The van der Waals surface area contributed by atoms with E-state index in [2.05, 4.69) is 5.32 Å². The number of nitrogens with two attached hydrogens (primary N) is 1. The molecule has 3 atom stereocenters. The van der Waals surface area contributed by atoms with Crippen LogP contribution in [0.1, 0.15) is 37.8 Å². The number of rotatable bonds is 5. The molecule has 1 fully saturated rings. The molecule has 3 N–H and O–H groups in total. The van der Waals surface area contributed by atoms with Crippen LogP contribution in [0.3, 0.4) is 0 Å². The Bertz CT molecular complexity index is 507. The molecule has 0 bridgehead atoms. The first-order valence-corrected chi connectivity index (χ1v) is 7.40. The summed E-state index contributed by atoms with van der Waals surface area (Å²) in [6, 6.07) is 4.02. The van der Waals surface area contributed by atoms with Gasteiger partial charge >= 0.3 is 0 Å². The molecule has 1 aromatic carbocycles. The van der Waals surface area contributed by atoms with E-state index in [0.717, 1.165) is 19.3 Å². The highest BCUT2D eigenvalue weighted by molar-refractivity contribution is 5.79. The lowest BCUT2D eigenvalue weighted by atomic mass is 9.94. The molecule has 0 radical (unpaired) electrons. The molecular weight excluding hydrogens is 271 g/mol. The molecule has 0 saturated heterocycles. The SMILES string of the molecule is COc1ccc(F)cc1C(C)NC(=O)C1CCCC1CN. The molecule has 1 saturated carbocycles. The second-order valence-corrected chi connectivity index (χ2v) is 5.65. The molecule has 0 aliphatic heterocycles. The van der Waals surface area contributed by atoms with E-state index in [9.17, 15) is 9.18 Å². The van der Waals surface area contributed by atoms with E-state index in [1.54, 1.807) is 6.07 Å². The van der Waals surface area contributed by atoms with Gasteiger partial charge in [-0.2, -0.15) is 0 Å². The van der Waals surface area contributed by atoms with Crippen molar-refractivity contribution in [1.82, 2.24) is 5.32 Å². The number of halogens is 1. The number of nitrogens with one attached hydrogen (secondary N) is 1. The van der Waals surface area contributed by atoms with Gasteiger partial charge in [-0.05, 0) is 50.4 Å². The predicted octanol–water partition coefficient (Wildman–Crippen LogP) is 2.39. The first-order valence-electron chi connectivity index (χ1n) is 7.40. The Hall–Kier alpha value is -1.62. The fourth-order valence-electron chi connectivity index (χ4n) is 3.11. The Balaban J connectivity index is 2.09. The molecule has 1 aliphatic rings. The number of carbonyl (C=O) groups is 1. The highest BCUT2D eigenvalue weighted by Gasteiger charge is 2.32. The number of ether oxygens (including phenoxy) is 1. The lowest BCUT2D eigenvalue weighted by Crippen LogP contribution is -2.36. The molecule has 0 spiro atoms. The van der Waals surface area contributed by atoms with Crippen molar-refractivity contribution in [2.45, 2.75) is 32.2 Å². The molecule has 0 heterocycles. The van der Waals surface area contributed by atoms with Crippen LogP contribution in [-0.2, 0) is 4.79 Å². The lowest BCUT2D eigenvalue weighted by Gasteiger charge is -2.22. The van der Waals surface area contributed by atoms with Crippen molar-refractivity contribution in [3.05, 3.63) is 29.6 Å². The van der Waals surface area contributed by atoms with E-state index >= 15 is 0 Å². The molecule has 4 nitrogen and oxygen atoms in total. The van der Waals surface area contributed by atoms with E-state index in [-0.39, 0.29) is 29.6 Å². The van der Waals surface area contributed by atoms with Gasteiger partial charge < -0.3 is 15.8 Å². The van der Waals surface area contributed by atoms with E-state index in [1.807, 2.05) is 6.92 Å². The molecule has 21 heavy (non-hydrogen) atoms. The minimum Gasteiger partial charge on any atom is -0.496 e. The van der Waals surface area contributed by atoms with Gasteiger partial charge in [-0.15, -0.1) is 0 Å². The molecule has 3 unspecified atom stereocenters. The quantitative estimate of drug-likeness (QED) is 0.876. The zero-order valence-electron chi connectivity index (χ0n) is 12.6. The number of carbonyl (C=O) groups excluding carboxylic acids is 1. The Labute approximate surface area is 124 Å². The van der Waals surface area contributed by atoms with Gasteiger partial charge in [0.15, 0.2) is 0 Å². The summed E-state index contributed by atoms with van der Waals surface area (Å²) >= 11 is 0. The first kappa shape index (κ1) is 15.8. The van der Waals surface area contributed by atoms with Gasteiger partial charge in [-0.3, -0.25) is 4.79 Å². The normalized spacial score (nSPS) is 22.9. The highest BCUT2D eigenvalue weighted by atomic mass is 19.1. The Kier molecular flexibility index (Phi) is 5.17. The van der Waals surface area contributed by atoms with Crippen LogP contribution >= 0.6 is 0 Å². The maximum atomic E-state index is 13.4. The van der Waals surface area contributed by atoms with Gasteiger partial charge in [0, 0.05) is 11.5 Å². The van der Waals surface area contributed by atoms with E-state index in [1.165, 1.54) is 19.2 Å². The van der Waals surface area contributed by atoms with Crippen LogP contribution in [0, 0.1) is 17.7 Å². The number of benzene rings is 1. The zero-order chi connectivity index (χ0) is 15.4. The van der Waals surface area contributed by atoms with Gasteiger partial charge in [-0.1, -0.05) is 6.42 Å². The molecule has 1 aromatic rings. The second kappa shape index (κ2) is 6.89. The first-order chi connectivity index (χ1) is 10.1. The zero-order valence-corrected chi connectivity index (χ0v) is 12.6. The Morgan fingerprint density at radius 2 is 2.29 bits per heavy atom. The van der Waals surface area contributed by atoms with E-state index in [0.29, 0.717) is 17.9 Å². The number of hydrogen-bond donors (Lipinski definition) is 2. The Morgan fingerprint density at radius 3 is 2.95 bits per heavy atom. The number of methoxy groups -OCH3 is 1. The minimum atomic E-state index is -0.340. The van der Waals surface area contributed by atoms with Gasteiger partial charge in [0.05, 0.1) is 13.2 Å². The van der Waals surface area contributed by atoms with Crippen LogP contribution < -0.4 is 15.8 Å². The largest absolute Gasteiger partial charge is 0.496 e. The highest BCUT2D eigenvalue weighted by Crippen LogP contribution is 2.32. The summed E-state index contributed by atoms with van der Waals surface area (Å²) in [6.07, 6.45) is 2.92. The third kappa shape index (κ3) is 3.53. The predicted molar refractivity (Wildman–Crippen MR) is 79.4 cm³/mol. The third-order valence-corrected chi connectivity index (χ3v) is 4.32. The summed E-state index contributed by atoms with van der Waals surface area (Å²) in [6.45, 7) is 2.37. The fraction of sp³-hybridized carbons (Fsp3) is 0.562. The monoisotopic (exact) mass is 294 g/mol. The summed E-state index contributed by atoms with van der Waals surface area (Å²) in [4.78, 5) is 12.4. The van der Waals surface area contributed by atoms with Crippen molar-refractivity contribution in [2.75, 3.05) is 13.7 Å². The summed E-state index contributed by atoms with van der Waals surface area (Å²) in [5.74, 6) is 0.462. The van der Waals surface area contributed by atoms with Crippen molar-refractivity contribution in [3.8, 4) is 5.75 Å². The number of amides is 1. The molecule has 0 aromatic heterocycles. The lowest BCUT2D eigenvalue weighted by molar-refractivity contribution is -0.126. The summed E-state index contributed by atoms with van der Waals surface area (Å²) in [5, 5.41) is 2.96. The molecule has 1 aliphatic carbocycles. The van der Waals surface area contributed by atoms with Crippen molar-refractivity contribution in [1.29, 1.82) is 0 Å². The van der Waals surface area contributed by atoms with Crippen molar-refractivity contribution >= 4 is 5.91 Å². The van der Waals surface area contributed by atoms with Crippen molar-refractivity contribution in [3.63, 3.8) is 0 Å². The van der Waals surface area contributed by atoms with Gasteiger partial charge in [0.25, 0.3) is 0 Å². The average molecular weight is 294 g/mol. The Morgan fingerprint density at radius 1 is 1.52 bits per heavy atom. The minimum absolute atomic E-state index is 0.00163. The smallest absolute Gasteiger partial charge is 0.223 e. The molecule has 2 rings (SSSR count). The molecule has 116 valence electrons. The van der Waals surface area contributed by atoms with Crippen LogP contribution in [0.25, 0.3) is 0 Å². The fourth-order valence-corrected chi connectivity index (χ4v) is 3.11. The molecular formula is C16H23FN2O2. The topological polar surface area (TPSA) is 64.3 Å². The van der Waals surface area contributed by atoms with Gasteiger partial charge in [0.2, 0.25) is 5.91 Å². The summed E-state index contributed by atoms with van der Waals surface area (Å²) in [7, 11) is 1.53. The molecule has 1 amide bonds. The second-order valence-electron chi connectivity index (χ2n) is 5.65. The van der Waals surface area contributed by atoms with Gasteiger partial charge in [-0.25, -0.2) is 4.39 Å². The van der Waals surface area contributed by atoms with Crippen LogP contribution in [-0.4, -0.2) is 19.6 Å². The molecule has 5 heteroatoms. The standard InChI is InChI=1S/C16H23FN2O2/c1-10(14-8-12(17)6-7-15(14)21-2)19-16(20)13-5-3-4-11(13)9-18/h6-8,10-11,13H,3-5,9,18H2,1-2H3,(H,19,20). The summed E-state index contributed by atoms with van der Waals surface area (Å²) in [5.41, 5.74) is 6.37. The maximum Gasteiger partial charge on any atom is 0.223 e. The summed E-state index contributed by atoms with van der Waals surface area (Å²) < 4.78 is 18.6. The average Bonchev–Trinajstić information content (AvgIpc) is 2.95. The van der Waals surface area contributed by atoms with Crippen molar-refractivity contribution in [2.24, 2.45) is 17.6 Å². The maximum absolute atomic E-state index is 13.4. The van der Waals surface area contributed by atoms with Gasteiger partial charge in [0.1, 0.15) is 11.6 Å². The van der Waals surface area contributed by atoms with Crippen LogP contribution in [0.15, 0.2) is 18.2 Å².